The Morgan fingerprint density at radius 3 is 2.81 bits per heavy atom. The SMILES string of the molecule is CCS(=O)(=O)N1CCC(Nc2ncnc3nc[nH]c23)CC1. The van der Waals surface area contributed by atoms with Crippen LogP contribution in [0.25, 0.3) is 11.2 Å². The molecule has 2 aromatic heterocycles. The van der Waals surface area contributed by atoms with Crippen LogP contribution >= 0.6 is 0 Å². The van der Waals surface area contributed by atoms with Crippen molar-refractivity contribution in [3.63, 3.8) is 0 Å². The average molecular weight is 310 g/mol. The molecule has 0 radical (unpaired) electrons. The maximum atomic E-state index is 11.8. The van der Waals surface area contributed by atoms with Crippen molar-refractivity contribution in [2.24, 2.45) is 0 Å². The number of rotatable bonds is 4. The average Bonchev–Trinajstić information content (AvgIpc) is 2.97. The number of imidazole rings is 1. The summed E-state index contributed by atoms with van der Waals surface area (Å²) < 4.78 is 25.2. The van der Waals surface area contributed by atoms with Crippen molar-refractivity contribution in [2.45, 2.75) is 25.8 Å². The van der Waals surface area contributed by atoms with Crippen LogP contribution in [0.5, 0.6) is 0 Å². The van der Waals surface area contributed by atoms with Crippen molar-refractivity contribution in [3.8, 4) is 0 Å². The largest absolute Gasteiger partial charge is 0.365 e. The lowest BCUT2D eigenvalue weighted by Crippen LogP contribution is -2.43. The zero-order valence-corrected chi connectivity index (χ0v) is 12.6. The number of piperidine rings is 1. The number of fused-ring (bicyclic) bond motifs is 1. The van der Waals surface area contributed by atoms with Crippen molar-refractivity contribution < 1.29 is 8.42 Å². The minimum absolute atomic E-state index is 0.159. The van der Waals surface area contributed by atoms with Crippen LogP contribution in [0.3, 0.4) is 0 Å². The maximum Gasteiger partial charge on any atom is 0.213 e. The highest BCUT2D eigenvalue weighted by Crippen LogP contribution is 2.21. The number of hydrogen-bond donors (Lipinski definition) is 2. The van der Waals surface area contributed by atoms with Gasteiger partial charge in [-0.2, -0.15) is 0 Å². The van der Waals surface area contributed by atoms with Crippen LogP contribution in [-0.2, 0) is 10.0 Å². The van der Waals surface area contributed by atoms with E-state index in [2.05, 4.69) is 25.3 Å². The smallest absolute Gasteiger partial charge is 0.213 e. The molecule has 2 aromatic rings. The Morgan fingerprint density at radius 2 is 2.10 bits per heavy atom. The molecule has 0 bridgehead atoms. The van der Waals surface area contributed by atoms with Gasteiger partial charge in [-0.05, 0) is 19.8 Å². The Hall–Kier alpha value is -1.74. The molecule has 0 aliphatic carbocycles. The van der Waals surface area contributed by atoms with Gasteiger partial charge >= 0.3 is 0 Å². The number of anilines is 1. The molecule has 0 aromatic carbocycles. The number of sulfonamides is 1. The molecule has 0 atom stereocenters. The molecule has 21 heavy (non-hydrogen) atoms. The van der Waals surface area contributed by atoms with Crippen molar-refractivity contribution in [2.75, 3.05) is 24.2 Å². The van der Waals surface area contributed by atoms with Gasteiger partial charge in [-0.15, -0.1) is 0 Å². The predicted molar refractivity (Wildman–Crippen MR) is 79.4 cm³/mol. The van der Waals surface area contributed by atoms with E-state index in [1.54, 1.807) is 17.6 Å². The minimum Gasteiger partial charge on any atom is -0.365 e. The van der Waals surface area contributed by atoms with Gasteiger partial charge in [-0.1, -0.05) is 0 Å². The van der Waals surface area contributed by atoms with Gasteiger partial charge in [-0.3, -0.25) is 0 Å². The highest BCUT2D eigenvalue weighted by molar-refractivity contribution is 7.89. The fraction of sp³-hybridized carbons (Fsp3) is 0.583. The van der Waals surface area contributed by atoms with E-state index in [0.717, 1.165) is 18.4 Å². The first-order valence-electron chi connectivity index (χ1n) is 6.98. The Labute approximate surface area is 123 Å². The van der Waals surface area contributed by atoms with E-state index >= 15 is 0 Å². The first-order chi connectivity index (χ1) is 10.1. The second-order valence-electron chi connectivity index (χ2n) is 5.04. The fourth-order valence-electron chi connectivity index (χ4n) is 2.53. The normalized spacial score (nSPS) is 18.1. The fourth-order valence-corrected chi connectivity index (χ4v) is 3.66. The number of nitrogens with one attached hydrogen (secondary N) is 2. The quantitative estimate of drug-likeness (QED) is 0.856. The summed E-state index contributed by atoms with van der Waals surface area (Å²) in [6.07, 6.45) is 4.58. The van der Waals surface area contributed by atoms with Gasteiger partial charge in [0.15, 0.2) is 11.5 Å². The van der Waals surface area contributed by atoms with E-state index in [1.807, 2.05) is 0 Å². The van der Waals surface area contributed by atoms with E-state index in [1.165, 1.54) is 6.33 Å². The molecule has 3 heterocycles. The first kappa shape index (κ1) is 14.2. The summed E-state index contributed by atoms with van der Waals surface area (Å²) in [7, 11) is -3.08. The lowest BCUT2D eigenvalue weighted by Gasteiger charge is -2.31. The topological polar surface area (TPSA) is 104 Å². The molecule has 3 rings (SSSR count). The number of aromatic amines is 1. The Balaban J connectivity index is 1.67. The highest BCUT2D eigenvalue weighted by Gasteiger charge is 2.27. The van der Waals surface area contributed by atoms with Crippen molar-refractivity contribution in [1.82, 2.24) is 24.2 Å². The van der Waals surface area contributed by atoms with Crippen LogP contribution in [-0.4, -0.2) is 57.5 Å². The summed E-state index contributed by atoms with van der Waals surface area (Å²) >= 11 is 0. The van der Waals surface area contributed by atoms with E-state index in [0.29, 0.717) is 24.6 Å². The molecular weight excluding hydrogens is 292 g/mol. The standard InChI is InChI=1S/C12H18N6O2S/c1-2-21(19,20)18-5-3-9(4-6-18)17-12-10-11(14-7-13-10)15-8-16-12/h7-9H,2-6H2,1H3,(H2,13,14,15,16,17). The van der Waals surface area contributed by atoms with Crippen LogP contribution < -0.4 is 5.32 Å². The Kier molecular flexibility index (Phi) is 3.77. The van der Waals surface area contributed by atoms with Gasteiger partial charge in [0, 0.05) is 19.1 Å². The molecule has 0 saturated carbocycles. The predicted octanol–water partition coefficient (Wildman–Crippen LogP) is 0.579. The number of hydrogen-bond acceptors (Lipinski definition) is 6. The second-order valence-corrected chi connectivity index (χ2v) is 7.30. The highest BCUT2D eigenvalue weighted by atomic mass is 32.2. The van der Waals surface area contributed by atoms with Gasteiger partial charge < -0.3 is 10.3 Å². The Bertz CT molecular complexity index is 720. The molecular formula is C12H18N6O2S. The van der Waals surface area contributed by atoms with Crippen molar-refractivity contribution >= 4 is 27.0 Å². The Morgan fingerprint density at radius 1 is 1.33 bits per heavy atom. The van der Waals surface area contributed by atoms with Gasteiger partial charge in [0.25, 0.3) is 0 Å². The van der Waals surface area contributed by atoms with Crippen LogP contribution in [0.1, 0.15) is 19.8 Å². The maximum absolute atomic E-state index is 11.8. The van der Waals surface area contributed by atoms with Crippen molar-refractivity contribution in [1.29, 1.82) is 0 Å². The van der Waals surface area contributed by atoms with E-state index in [4.69, 9.17) is 0 Å². The molecule has 0 unspecified atom stereocenters. The summed E-state index contributed by atoms with van der Waals surface area (Å²) in [5, 5.41) is 3.36. The van der Waals surface area contributed by atoms with E-state index in [-0.39, 0.29) is 11.8 Å². The lowest BCUT2D eigenvalue weighted by molar-refractivity contribution is 0.330. The molecule has 1 aliphatic heterocycles. The molecule has 0 spiro atoms. The number of H-pyrrole nitrogens is 1. The summed E-state index contributed by atoms with van der Waals surface area (Å²) in [4.78, 5) is 15.4. The van der Waals surface area contributed by atoms with E-state index in [9.17, 15) is 8.42 Å². The van der Waals surface area contributed by atoms with E-state index < -0.39 is 10.0 Å². The summed E-state index contributed by atoms with van der Waals surface area (Å²) in [5.74, 6) is 0.875. The van der Waals surface area contributed by atoms with Crippen LogP contribution in [0.15, 0.2) is 12.7 Å². The summed E-state index contributed by atoms with van der Waals surface area (Å²) in [6.45, 7) is 2.77. The third kappa shape index (κ3) is 2.84. The van der Waals surface area contributed by atoms with Gasteiger partial charge in [-0.25, -0.2) is 27.7 Å². The monoisotopic (exact) mass is 310 g/mol. The van der Waals surface area contributed by atoms with Crippen LogP contribution in [0.2, 0.25) is 0 Å². The zero-order chi connectivity index (χ0) is 14.9. The lowest BCUT2D eigenvalue weighted by atomic mass is 10.1. The van der Waals surface area contributed by atoms with Crippen molar-refractivity contribution in [3.05, 3.63) is 12.7 Å². The molecule has 9 heteroatoms. The molecule has 2 N–H and O–H groups in total. The van der Waals surface area contributed by atoms with Crippen LogP contribution in [0.4, 0.5) is 5.82 Å². The minimum atomic E-state index is -3.08. The molecule has 1 saturated heterocycles. The molecule has 1 fully saturated rings. The molecule has 114 valence electrons. The second kappa shape index (κ2) is 5.57. The summed E-state index contributed by atoms with van der Waals surface area (Å²) in [5.41, 5.74) is 1.40. The van der Waals surface area contributed by atoms with Gasteiger partial charge in [0.05, 0.1) is 12.1 Å². The molecule has 1 aliphatic rings. The van der Waals surface area contributed by atoms with Gasteiger partial charge in [0.2, 0.25) is 10.0 Å². The third-order valence-electron chi connectivity index (χ3n) is 3.78. The van der Waals surface area contributed by atoms with Crippen LogP contribution in [0, 0.1) is 0 Å². The summed E-state index contributed by atoms with van der Waals surface area (Å²) in [6, 6.07) is 0.203. The first-order valence-corrected chi connectivity index (χ1v) is 8.59. The molecule has 0 amide bonds. The zero-order valence-electron chi connectivity index (χ0n) is 11.8. The third-order valence-corrected chi connectivity index (χ3v) is 5.66. The molecule has 8 nitrogen and oxygen atoms in total. The number of aromatic nitrogens is 4. The van der Waals surface area contributed by atoms with Gasteiger partial charge in [0.1, 0.15) is 11.8 Å². The number of nitrogens with zero attached hydrogens (tertiary/aromatic N) is 4.